The first-order valence-corrected chi connectivity index (χ1v) is 9.75. The van der Waals surface area contributed by atoms with E-state index in [0.717, 1.165) is 28.7 Å². The molecular weight excluding hydrogens is 396 g/mol. The van der Waals surface area contributed by atoms with Gasteiger partial charge in [0.15, 0.2) is 5.76 Å². The van der Waals surface area contributed by atoms with E-state index in [1.54, 1.807) is 12.3 Å². The van der Waals surface area contributed by atoms with Crippen molar-refractivity contribution in [3.8, 4) is 0 Å². The summed E-state index contributed by atoms with van der Waals surface area (Å²) in [5, 5.41) is 3.92. The Morgan fingerprint density at radius 1 is 1.19 bits per heavy atom. The SMILES string of the molecule is O=C(NCC(c1ccco1)N1CCCCC1)c1cc2cc(Br)ccc2o1. The minimum atomic E-state index is -0.203. The number of likely N-dealkylation sites (tertiary alicyclic amines) is 1. The second kappa shape index (κ2) is 7.68. The molecule has 1 aliphatic heterocycles. The lowest BCUT2D eigenvalue weighted by molar-refractivity contribution is 0.0889. The number of nitrogens with one attached hydrogen (secondary N) is 1. The highest BCUT2D eigenvalue weighted by molar-refractivity contribution is 9.10. The van der Waals surface area contributed by atoms with Crippen LogP contribution in [-0.2, 0) is 0 Å². The Morgan fingerprint density at radius 3 is 2.81 bits per heavy atom. The van der Waals surface area contributed by atoms with Gasteiger partial charge in [-0.05, 0) is 62.3 Å². The van der Waals surface area contributed by atoms with Gasteiger partial charge in [0, 0.05) is 16.4 Å². The largest absolute Gasteiger partial charge is 0.468 e. The van der Waals surface area contributed by atoms with E-state index in [1.165, 1.54) is 19.3 Å². The van der Waals surface area contributed by atoms with Crippen molar-refractivity contribution in [2.24, 2.45) is 0 Å². The number of furan rings is 2. The van der Waals surface area contributed by atoms with E-state index in [9.17, 15) is 4.79 Å². The molecule has 0 bridgehead atoms. The van der Waals surface area contributed by atoms with Gasteiger partial charge in [0.1, 0.15) is 11.3 Å². The van der Waals surface area contributed by atoms with Crippen LogP contribution in [0.4, 0.5) is 0 Å². The molecule has 136 valence electrons. The van der Waals surface area contributed by atoms with Gasteiger partial charge in [-0.3, -0.25) is 9.69 Å². The highest BCUT2D eigenvalue weighted by atomic mass is 79.9. The second-order valence-corrected chi connectivity index (χ2v) is 7.55. The Balaban J connectivity index is 1.48. The standard InChI is InChI=1S/C20H21BrN2O3/c21-15-6-7-17-14(11-15)12-19(26-17)20(24)22-13-16(18-5-4-10-25-18)23-8-2-1-3-9-23/h4-7,10-12,16H,1-3,8-9,13H2,(H,22,24). The van der Waals surface area contributed by atoms with Crippen LogP contribution in [0.25, 0.3) is 11.0 Å². The van der Waals surface area contributed by atoms with Crippen molar-refractivity contribution < 1.29 is 13.6 Å². The van der Waals surface area contributed by atoms with Gasteiger partial charge in [0.2, 0.25) is 0 Å². The maximum absolute atomic E-state index is 12.6. The maximum atomic E-state index is 12.6. The van der Waals surface area contributed by atoms with Gasteiger partial charge in [-0.1, -0.05) is 22.4 Å². The van der Waals surface area contributed by atoms with Crippen LogP contribution in [0.5, 0.6) is 0 Å². The summed E-state index contributed by atoms with van der Waals surface area (Å²) in [7, 11) is 0. The second-order valence-electron chi connectivity index (χ2n) is 6.63. The summed E-state index contributed by atoms with van der Waals surface area (Å²) in [5.74, 6) is 1.02. The van der Waals surface area contributed by atoms with Crippen molar-refractivity contribution in [1.82, 2.24) is 10.2 Å². The van der Waals surface area contributed by atoms with Gasteiger partial charge in [0.25, 0.3) is 5.91 Å². The summed E-state index contributed by atoms with van der Waals surface area (Å²) in [4.78, 5) is 15.0. The lowest BCUT2D eigenvalue weighted by atomic mass is 10.1. The predicted molar refractivity (Wildman–Crippen MR) is 103 cm³/mol. The third kappa shape index (κ3) is 3.71. The molecule has 1 fully saturated rings. The Hall–Kier alpha value is -2.05. The highest BCUT2D eigenvalue weighted by Gasteiger charge is 2.25. The number of benzene rings is 1. The number of fused-ring (bicyclic) bond motifs is 1. The average molecular weight is 417 g/mol. The van der Waals surface area contributed by atoms with Crippen LogP contribution in [0.3, 0.4) is 0 Å². The van der Waals surface area contributed by atoms with Gasteiger partial charge in [-0.15, -0.1) is 0 Å². The number of hydrogen-bond acceptors (Lipinski definition) is 4. The summed E-state index contributed by atoms with van der Waals surface area (Å²) < 4.78 is 12.3. The Morgan fingerprint density at radius 2 is 2.04 bits per heavy atom. The molecule has 1 aromatic carbocycles. The van der Waals surface area contributed by atoms with E-state index < -0.39 is 0 Å². The molecule has 0 spiro atoms. The summed E-state index contributed by atoms with van der Waals surface area (Å²) >= 11 is 3.44. The first-order valence-electron chi connectivity index (χ1n) is 8.95. The first-order chi connectivity index (χ1) is 12.7. The molecule has 1 N–H and O–H groups in total. The molecule has 0 saturated carbocycles. The monoisotopic (exact) mass is 416 g/mol. The maximum Gasteiger partial charge on any atom is 0.287 e. The van der Waals surface area contributed by atoms with Crippen molar-refractivity contribution >= 4 is 32.8 Å². The number of rotatable bonds is 5. The Kier molecular flexibility index (Phi) is 5.13. The van der Waals surface area contributed by atoms with Gasteiger partial charge >= 0.3 is 0 Å². The fraction of sp³-hybridized carbons (Fsp3) is 0.350. The molecule has 2 aromatic heterocycles. The summed E-state index contributed by atoms with van der Waals surface area (Å²) in [5.41, 5.74) is 0.706. The van der Waals surface area contributed by atoms with Crippen molar-refractivity contribution in [2.45, 2.75) is 25.3 Å². The molecule has 4 rings (SSSR count). The van der Waals surface area contributed by atoms with Gasteiger partial charge in [-0.2, -0.15) is 0 Å². The lowest BCUT2D eigenvalue weighted by Crippen LogP contribution is -2.40. The quantitative estimate of drug-likeness (QED) is 0.651. The van der Waals surface area contributed by atoms with E-state index in [0.29, 0.717) is 17.9 Å². The molecule has 3 heterocycles. The molecule has 6 heteroatoms. The van der Waals surface area contributed by atoms with Crippen LogP contribution in [0.2, 0.25) is 0 Å². The fourth-order valence-electron chi connectivity index (χ4n) is 3.52. The van der Waals surface area contributed by atoms with Crippen molar-refractivity contribution in [3.05, 3.63) is 58.7 Å². The van der Waals surface area contributed by atoms with E-state index in [-0.39, 0.29) is 11.9 Å². The summed E-state index contributed by atoms with van der Waals surface area (Å²) in [6, 6.07) is 11.4. The number of nitrogens with zero attached hydrogens (tertiary/aromatic N) is 1. The molecule has 1 unspecified atom stereocenters. The first kappa shape index (κ1) is 17.4. The zero-order valence-corrected chi connectivity index (χ0v) is 16.0. The number of carbonyl (C=O) groups is 1. The number of amides is 1. The van der Waals surface area contributed by atoms with Gasteiger partial charge in [0.05, 0.1) is 12.3 Å². The topological polar surface area (TPSA) is 58.6 Å². The fourth-order valence-corrected chi connectivity index (χ4v) is 3.90. The Labute approximate surface area is 160 Å². The van der Waals surface area contributed by atoms with Crippen LogP contribution >= 0.6 is 15.9 Å². The van der Waals surface area contributed by atoms with Crippen LogP contribution in [-0.4, -0.2) is 30.4 Å². The third-order valence-corrected chi connectivity index (χ3v) is 5.35. The van der Waals surface area contributed by atoms with E-state index in [1.807, 2.05) is 30.3 Å². The van der Waals surface area contributed by atoms with Crippen molar-refractivity contribution in [1.29, 1.82) is 0 Å². The number of hydrogen-bond donors (Lipinski definition) is 1. The van der Waals surface area contributed by atoms with E-state index in [4.69, 9.17) is 8.83 Å². The summed E-state index contributed by atoms with van der Waals surface area (Å²) in [6.45, 7) is 2.55. The average Bonchev–Trinajstić information content (AvgIpc) is 3.32. The number of halogens is 1. The highest BCUT2D eigenvalue weighted by Crippen LogP contribution is 2.26. The summed E-state index contributed by atoms with van der Waals surface area (Å²) in [6.07, 6.45) is 5.32. The molecule has 0 aliphatic carbocycles. The van der Waals surface area contributed by atoms with E-state index in [2.05, 4.69) is 26.1 Å². The zero-order valence-electron chi connectivity index (χ0n) is 14.4. The minimum absolute atomic E-state index is 0.0489. The van der Waals surface area contributed by atoms with Gasteiger partial charge < -0.3 is 14.2 Å². The molecule has 1 saturated heterocycles. The Bertz CT molecular complexity index is 882. The number of piperidine rings is 1. The molecule has 1 aliphatic rings. The molecule has 5 nitrogen and oxygen atoms in total. The smallest absolute Gasteiger partial charge is 0.287 e. The van der Waals surface area contributed by atoms with Crippen LogP contribution in [0.1, 0.15) is 41.6 Å². The molecule has 1 atom stereocenters. The lowest BCUT2D eigenvalue weighted by Gasteiger charge is -2.33. The van der Waals surface area contributed by atoms with Gasteiger partial charge in [-0.25, -0.2) is 0 Å². The molecule has 1 amide bonds. The van der Waals surface area contributed by atoms with Crippen molar-refractivity contribution in [2.75, 3.05) is 19.6 Å². The van der Waals surface area contributed by atoms with Crippen LogP contribution in [0.15, 0.2) is 56.0 Å². The predicted octanol–water partition coefficient (Wildman–Crippen LogP) is 4.75. The minimum Gasteiger partial charge on any atom is -0.468 e. The van der Waals surface area contributed by atoms with Crippen molar-refractivity contribution in [3.63, 3.8) is 0 Å². The van der Waals surface area contributed by atoms with Crippen LogP contribution in [0, 0.1) is 0 Å². The zero-order chi connectivity index (χ0) is 17.9. The number of carbonyl (C=O) groups excluding carboxylic acids is 1. The van der Waals surface area contributed by atoms with E-state index >= 15 is 0 Å². The third-order valence-electron chi connectivity index (χ3n) is 4.86. The molecule has 0 radical (unpaired) electrons. The van der Waals surface area contributed by atoms with Crippen LogP contribution < -0.4 is 5.32 Å². The normalized spacial score (nSPS) is 16.7. The molecule has 3 aromatic rings. The molecule has 26 heavy (non-hydrogen) atoms. The molecular formula is C20H21BrN2O3.